The van der Waals surface area contributed by atoms with Crippen molar-refractivity contribution in [2.24, 2.45) is 0 Å². The maximum atomic E-state index is 2.45. The second kappa shape index (κ2) is 16.0. The predicted molar refractivity (Wildman–Crippen MR) is 285 cm³/mol. The van der Waals surface area contributed by atoms with E-state index in [9.17, 15) is 0 Å². The van der Waals surface area contributed by atoms with Crippen LogP contribution in [0, 0.1) is 0 Å². The zero-order valence-electron chi connectivity index (χ0n) is 36.7. The van der Waals surface area contributed by atoms with Crippen molar-refractivity contribution < 1.29 is 0 Å². The summed E-state index contributed by atoms with van der Waals surface area (Å²) < 4.78 is 2.61. The fraction of sp³-hybridized carbons (Fsp3) is 0.0154. The molecule has 67 heavy (non-hydrogen) atoms. The highest BCUT2D eigenvalue weighted by atomic mass is 32.1. The van der Waals surface area contributed by atoms with Crippen molar-refractivity contribution >= 4 is 59.3 Å². The minimum atomic E-state index is -0.458. The summed E-state index contributed by atoms with van der Waals surface area (Å²) in [7, 11) is 0. The summed E-state index contributed by atoms with van der Waals surface area (Å²) in [5.74, 6) is 0. The molecule has 1 aromatic heterocycles. The second-order valence-electron chi connectivity index (χ2n) is 17.5. The van der Waals surface area contributed by atoms with Crippen LogP contribution in [-0.4, -0.2) is 0 Å². The number of para-hydroxylation sites is 1. The topological polar surface area (TPSA) is 3.24 Å². The van der Waals surface area contributed by atoms with Gasteiger partial charge in [-0.1, -0.05) is 218 Å². The van der Waals surface area contributed by atoms with Gasteiger partial charge >= 0.3 is 0 Å². The Labute approximate surface area is 395 Å². The third kappa shape index (κ3) is 6.29. The van der Waals surface area contributed by atoms with Gasteiger partial charge in [-0.05, 0) is 109 Å². The van der Waals surface area contributed by atoms with Crippen molar-refractivity contribution in [3.05, 3.63) is 283 Å². The van der Waals surface area contributed by atoms with Gasteiger partial charge in [0.25, 0.3) is 0 Å². The van der Waals surface area contributed by atoms with Gasteiger partial charge in [-0.25, -0.2) is 0 Å². The summed E-state index contributed by atoms with van der Waals surface area (Å²) in [6, 6.07) is 96.2. The van der Waals surface area contributed by atoms with E-state index in [0.29, 0.717) is 0 Å². The van der Waals surface area contributed by atoms with Crippen LogP contribution in [0.25, 0.3) is 75.5 Å². The van der Waals surface area contributed by atoms with Crippen LogP contribution in [0.2, 0.25) is 0 Å². The van der Waals surface area contributed by atoms with Crippen LogP contribution in [0.4, 0.5) is 17.1 Å². The maximum absolute atomic E-state index is 2.45. The molecule has 0 amide bonds. The van der Waals surface area contributed by atoms with E-state index >= 15 is 0 Å². The van der Waals surface area contributed by atoms with Gasteiger partial charge in [0.2, 0.25) is 0 Å². The lowest BCUT2D eigenvalue weighted by Crippen LogP contribution is -2.28. The first-order valence-corrected chi connectivity index (χ1v) is 23.9. The van der Waals surface area contributed by atoms with E-state index in [4.69, 9.17) is 0 Å². The van der Waals surface area contributed by atoms with Crippen molar-refractivity contribution in [1.29, 1.82) is 0 Å². The molecule has 12 aromatic rings. The van der Waals surface area contributed by atoms with Gasteiger partial charge in [-0.15, -0.1) is 11.3 Å². The Hall–Kier alpha value is -8.30. The Morgan fingerprint density at radius 2 is 0.836 bits per heavy atom. The van der Waals surface area contributed by atoms with Crippen molar-refractivity contribution in [1.82, 2.24) is 0 Å². The molecule has 0 radical (unpaired) electrons. The standard InChI is InChI=1S/C65H43NS/c1-3-19-48(20-4-1)65(49-21-5-2-6-22-49)60-30-12-9-24-54(60)55-42-37-47(43-61(55)65)44-33-38-50(39-34-44)66(51-40-35-46(36-41-51)53-27-15-18-45-17-7-8-23-52(45)53)62-31-13-10-25-56(62)58-28-16-29-59-57-26-11-14-32-63(57)67-64(58)59/h1-43H. The molecule has 1 nitrogen and oxygen atoms in total. The molecule has 0 saturated heterocycles. The Morgan fingerprint density at radius 3 is 1.60 bits per heavy atom. The molecular weight excluding hydrogens is 827 g/mol. The van der Waals surface area contributed by atoms with Crippen LogP contribution >= 0.6 is 11.3 Å². The highest BCUT2D eigenvalue weighted by Crippen LogP contribution is 2.57. The Kier molecular flexibility index (Phi) is 9.33. The predicted octanol–water partition coefficient (Wildman–Crippen LogP) is 18.0. The molecule has 11 aromatic carbocycles. The fourth-order valence-electron chi connectivity index (χ4n) is 11.0. The number of hydrogen-bond donors (Lipinski definition) is 0. The molecule has 0 bridgehead atoms. The van der Waals surface area contributed by atoms with Crippen LogP contribution in [0.5, 0.6) is 0 Å². The summed E-state index contributed by atoms with van der Waals surface area (Å²) in [4.78, 5) is 2.44. The molecule has 0 N–H and O–H groups in total. The van der Waals surface area contributed by atoms with Crippen molar-refractivity contribution in [3.8, 4) is 44.5 Å². The van der Waals surface area contributed by atoms with Crippen LogP contribution in [0.3, 0.4) is 0 Å². The first kappa shape index (κ1) is 39.1. The Bertz CT molecular complexity index is 3750. The zero-order chi connectivity index (χ0) is 44.3. The molecule has 0 aliphatic heterocycles. The van der Waals surface area contributed by atoms with Gasteiger partial charge < -0.3 is 4.90 Å². The molecule has 13 rings (SSSR count). The number of hydrogen-bond acceptors (Lipinski definition) is 2. The van der Waals surface area contributed by atoms with E-state index in [2.05, 4.69) is 266 Å². The summed E-state index contributed by atoms with van der Waals surface area (Å²) >= 11 is 1.88. The Balaban J connectivity index is 0.961. The molecule has 0 fully saturated rings. The average molecular weight is 870 g/mol. The molecule has 1 aliphatic carbocycles. The minimum Gasteiger partial charge on any atom is -0.310 e. The molecule has 1 aliphatic rings. The highest BCUT2D eigenvalue weighted by Gasteiger charge is 2.46. The summed E-state index contributed by atoms with van der Waals surface area (Å²) in [6.45, 7) is 0. The van der Waals surface area contributed by atoms with E-state index in [1.165, 1.54) is 97.7 Å². The first-order valence-electron chi connectivity index (χ1n) is 23.1. The molecule has 314 valence electrons. The lowest BCUT2D eigenvalue weighted by atomic mass is 9.67. The SMILES string of the molecule is c1ccc(C2(c3ccccc3)c3ccccc3-c3ccc(-c4ccc(N(c5ccc(-c6cccc7ccccc67)cc5)c5ccccc5-c5cccc6c5sc5ccccc56)cc4)cc32)cc1. The largest absolute Gasteiger partial charge is 0.310 e. The van der Waals surface area contributed by atoms with Crippen molar-refractivity contribution in [2.75, 3.05) is 4.90 Å². The number of anilines is 3. The van der Waals surface area contributed by atoms with Crippen molar-refractivity contribution in [3.63, 3.8) is 0 Å². The van der Waals surface area contributed by atoms with Gasteiger partial charge in [0.05, 0.1) is 11.1 Å². The third-order valence-corrected chi connectivity index (χ3v) is 15.2. The van der Waals surface area contributed by atoms with E-state index in [1.807, 2.05) is 11.3 Å². The van der Waals surface area contributed by atoms with Gasteiger partial charge in [0.15, 0.2) is 0 Å². The summed E-state index contributed by atoms with van der Waals surface area (Å²) in [6.07, 6.45) is 0. The molecule has 0 atom stereocenters. The zero-order valence-corrected chi connectivity index (χ0v) is 37.5. The molecule has 1 heterocycles. The van der Waals surface area contributed by atoms with E-state index in [0.717, 1.165) is 17.1 Å². The summed E-state index contributed by atoms with van der Waals surface area (Å²) in [5.41, 5.74) is 17.8. The highest BCUT2D eigenvalue weighted by molar-refractivity contribution is 7.26. The fourth-order valence-corrected chi connectivity index (χ4v) is 12.2. The van der Waals surface area contributed by atoms with Gasteiger partial charge in [-0.2, -0.15) is 0 Å². The number of benzene rings is 11. The summed E-state index contributed by atoms with van der Waals surface area (Å²) in [5, 5.41) is 5.10. The molecule has 0 saturated carbocycles. The van der Waals surface area contributed by atoms with Crippen LogP contribution < -0.4 is 4.90 Å². The average Bonchev–Trinajstić information content (AvgIpc) is 3.94. The van der Waals surface area contributed by atoms with Crippen LogP contribution in [0.1, 0.15) is 22.3 Å². The molecule has 0 unspecified atom stereocenters. The van der Waals surface area contributed by atoms with E-state index < -0.39 is 5.41 Å². The second-order valence-corrected chi connectivity index (χ2v) is 18.6. The molecule has 2 heteroatoms. The monoisotopic (exact) mass is 869 g/mol. The third-order valence-electron chi connectivity index (χ3n) is 14.0. The van der Waals surface area contributed by atoms with Gasteiger partial charge in [0.1, 0.15) is 0 Å². The minimum absolute atomic E-state index is 0.458. The van der Waals surface area contributed by atoms with Crippen molar-refractivity contribution in [2.45, 2.75) is 5.41 Å². The quantitative estimate of drug-likeness (QED) is 0.147. The lowest BCUT2D eigenvalue weighted by molar-refractivity contribution is 0.769. The van der Waals surface area contributed by atoms with Gasteiger partial charge in [-0.3, -0.25) is 0 Å². The Morgan fingerprint density at radius 1 is 0.313 bits per heavy atom. The molecule has 0 spiro atoms. The molecular formula is C65H43NS. The number of nitrogens with zero attached hydrogens (tertiary/aromatic N) is 1. The first-order chi connectivity index (χ1) is 33.2. The number of rotatable bonds is 8. The van der Waals surface area contributed by atoms with Crippen LogP contribution in [0.15, 0.2) is 261 Å². The van der Waals surface area contributed by atoms with E-state index in [1.54, 1.807) is 0 Å². The number of fused-ring (bicyclic) bond motifs is 7. The maximum Gasteiger partial charge on any atom is 0.0713 e. The number of thiophene rings is 1. The smallest absolute Gasteiger partial charge is 0.0713 e. The van der Waals surface area contributed by atoms with Gasteiger partial charge in [0, 0.05) is 42.7 Å². The lowest BCUT2D eigenvalue weighted by Gasteiger charge is -2.34. The van der Waals surface area contributed by atoms with E-state index in [-0.39, 0.29) is 0 Å². The van der Waals surface area contributed by atoms with Crippen LogP contribution in [-0.2, 0) is 5.41 Å². The normalized spacial score (nSPS) is 12.6.